The molecule has 0 radical (unpaired) electrons. The van der Waals surface area contributed by atoms with E-state index in [-0.39, 0.29) is 0 Å². The van der Waals surface area contributed by atoms with Crippen molar-refractivity contribution in [1.29, 1.82) is 0 Å². The van der Waals surface area contributed by atoms with Gasteiger partial charge in [0.1, 0.15) is 5.82 Å². The highest BCUT2D eigenvalue weighted by Crippen LogP contribution is 2.15. The van der Waals surface area contributed by atoms with E-state index >= 15 is 0 Å². The monoisotopic (exact) mass is 370 g/mol. The van der Waals surface area contributed by atoms with Crippen molar-refractivity contribution in [3.05, 3.63) is 46.2 Å². The van der Waals surface area contributed by atoms with Crippen molar-refractivity contribution in [3.8, 4) is 0 Å². The van der Waals surface area contributed by atoms with Gasteiger partial charge in [-0.15, -0.1) is 11.3 Å². The van der Waals surface area contributed by atoms with Gasteiger partial charge in [0, 0.05) is 44.2 Å². The molecule has 3 aromatic rings. The molecule has 6 nitrogen and oxygen atoms in total. The Morgan fingerprint density at radius 1 is 1.23 bits per heavy atom. The maximum Gasteiger partial charge on any atom is 0.191 e. The number of rotatable bonds is 7. The molecule has 0 saturated heterocycles. The van der Waals surface area contributed by atoms with Gasteiger partial charge in [0.2, 0.25) is 0 Å². The molecule has 2 N–H and O–H groups in total. The summed E-state index contributed by atoms with van der Waals surface area (Å²) < 4.78 is 2.23. The summed E-state index contributed by atoms with van der Waals surface area (Å²) in [7, 11) is 1.80. The zero-order chi connectivity index (χ0) is 18.4. The molecule has 26 heavy (non-hydrogen) atoms. The van der Waals surface area contributed by atoms with E-state index in [9.17, 15) is 0 Å². The molecule has 3 rings (SSSR count). The van der Waals surface area contributed by atoms with Gasteiger partial charge in [-0.25, -0.2) is 9.97 Å². The number of aryl methyl sites for hydroxylation is 2. The van der Waals surface area contributed by atoms with Gasteiger partial charge in [0.25, 0.3) is 0 Å². The number of benzene rings is 1. The molecule has 0 unspecified atom stereocenters. The van der Waals surface area contributed by atoms with Gasteiger partial charge in [-0.2, -0.15) is 0 Å². The zero-order valence-electron chi connectivity index (χ0n) is 15.6. The molecule has 0 atom stereocenters. The Bertz CT molecular complexity index is 879. The number of thiazole rings is 1. The summed E-state index contributed by atoms with van der Waals surface area (Å²) in [6, 6.07) is 8.24. The van der Waals surface area contributed by atoms with E-state index in [1.165, 1.54) is 15.4 Å². The van der Waals surface area contributed by atoms with Gasteiger partial charge in [-0.3, -0.25) is 4.99 Å². The molecule has 0 aliphatic carbocycles. The maximum absolute atomic E-state index is 4.61. The van der Waals surface area contributed by atoms with Crippen molar-refractivity contribution < 1.29 is 0 Å². The van der Waals surface area contributed by atoms with Crippen molar-refractivity contribution >= 4 is 28.3 Å². The van der Waals surface area contributed by atoms with Crippen LogP contribution in [0.4, 0.5) is 0 Å². The maximum atomic E-state index is 4.61. The average molecular weight is 371 g/mol. The van der Waals surface area contributed by atoms with E-state index in [0.717, 1.165) is 49.8 Å². The molecule has 138 valence electrons. The molecular formula is C19H26N6S. The third kappa shape index (κ3) is 4.40. The normalized spacial score (nSPS) is 11.9. The van der Waals surface area contributed by atoms with Crippen LogP contribution in [-0.4, -0.2) is 40.6 Å². The second-order valence-corrected chi connectivity index (χ2v) is 7.25. The molecule has 0 aliphatic rings. The molecule has 1 aromatic carbocycles. The Labute approximate surface area is 158 Å². The number of guanidine groups is 1. The highest BCUT2D eigenvalue weighted by Gasteiger charge is 2.07. The van der Waals surface area contributed by atoms with Crippen LogP contribution in [-0.2, 0) is 19.4 Å². The fourth-order valence-corrected chi connectivity index (χ4v) is 3.76. The molecule has 0 amide bonds. The second kappa shape index (κ2) is 8.80. The number of para-hydroxylation sites is 2. The van der Waals surface area contributed by atoms with Gasteiger partial charge in [-0.1, -0.05) is 19.1 Å². The minimum absolute atomic E-state index is 0.790. The Hall–Kier alpha value is -2.41. The summed E-state index contributed by atoms with van der Waals surface area (Å²) in [5.41, 5.74) is 2.22. The number of nitrogens with one attached hydrogen (secondary N) is 2. The first-order valence-electron chi connectivity index (χ1n) is 9.01. The molecule has 2 heterocycles. The van der Waals surface area contributed by atoms with Gasteiger partial charge >= 0.3 is 0 Å². The van der Waals surface area contributed by atoms with Crippen LogP contribution >= 0.6 is 11.3 Å². The Kier molecular flexibility index (Phi) is 6.22. The summed E-state index contributed by atoms with van der Waals surface area (Å²) >= 11 is 1.79. The molecule has 0 spiro atoms. The Balaban J connectivity index is 1.47. The smallest absolute Gasteiger partial charge is 0.191 e. The van der Waals surface area contributed by atoms with Crippen molar-refractivity contribution in [1.82, 2.24) is 25.2 Å². The SMILES string of the molecule is CCc1cnc(CCNC(=NC)NCCn2c(C)nc3ccccc32)s1. The zero-order valence-corrected chi connectivity index (χ0v) is 16.4. The van der Waals surface area contributed by atoms with Crippen molar-refractivity contribution in [3.63, 3.8) is 0 Å². The lowest BCUT2D eigenvalue weighted by atomic mass is 10.3. The molecule has 0 fully saturated rings. The predicted molar refractivity (Wildman–Crippen MR) is 109 cm³/mol. The quantitative estimate of drug-likeness (QED) is 0.496. The van der Waals surface area contributed by atoms with E-state index in [1.807, 2.05) is 19.2 Å². The van der Waals surface area contributed by atoms with Gasteiger partial charge in [0.05, 0.1) is 16.0 Å². The van der Waals surface area contributed by atoms with Crippen LogP contribution in [0.2, 0.25) is 0 Å². The van der Waals surface area contributed by atoms with Crippen LogP contribution in [0.25, 0.3) is 11.0 Å². The molecule has 0 saturated carbocycles. The summed E-state index contributed by atoms with van der Waals surface area (Å²) in [5.74, 6) is 1.85. The largest absolute Gasteiger partial charge is 0.356 e. The molecule has 7 heteroatoms. The van der Waals surface area contributed by atoms with Crippen LogP contribution in [0.1, 0.15) is 22.6 Å². The number of hydrogen-bond donors (Lipinski definition) is 2. The first-order valence-corrected chi connectivity index (χ1v) is 9.83. The fourth-order valence-electron chi connectivity index (χ4n) is 2.90. The van der Waals surface area contributed by atoms with Crippen LogP contribution in [0, 0.1) is 6.92 Å². The van der Waals surface area contributed by atoms with Crippen LogP contribution in [0.3, 0.4) is 0 Å². The topological polar surface area (TPSA) is 67.1 Å². The predicted octanol–water partition coefficient (Wildman–Crippen LogP) is 2.77. The second-order valence-electron chi connectivity index (χ2n) is 6.05. The van der Waals surface area contributed by atoms with E-state index in [1.54, 1.807) is 18.4 Å². The number of hydrogen-bond acceptors (Lipinski definition) is 4. The van der Waals surface area contributed by atoms with Gasteiger partial charge in [0.15, 0.2) is 5.96 Å². The highest BCUT2D eigenvalue weighted by molar-refractivity contribution is 7.11. The standard InChI is InChI=1S/C19H26N6S/c1-4-15-13-23-18(26-15)9-10-21-19(20-3)22-11-12-25-14(2)24-16-7-5-6-8-17(16)25/h5-8,13H,4,9-12H2,1-3H3,(H2,20,21,22). The lowest BCUT2D eigenvalue weighted by Crippen LogP contribution is -2.39. The van der Waals surface area contributed by atoms with E-state index in [4.69, 9.17) is 0 Å². The van der Waals surface area contributed by atoms with E-state index < -0.39 is 0 Å². The number of fused-ring (bicyclic) bond motifs is 1. The lowest BCUT2D eigenvalue weighted by Gasteiger charge is -2.12. The van der Waals surface area contributed by atoms with Crippen molar-refractivity contribution in [2.24, 2.45) is 4.99 Å². The summed E-state index contributed by atoms with van der Waals surface area (Å²) in [6.07, 6.45) is 3.94. The summed E-state index contributed by atoms with van der Waals surface area (Å²) in [5, 5.41) is 7.90. The number of aliphatic imine (C=N–C) groups is 1. The summed E-state index contributed by atoms with van der Waals surface area (Å²) in [6.45, 7) is 6.67. The van der Waals surface area contributed by atoms with Crippen molar-refractivity contribution in [2.75, 3.05) is 20.1 Å². The minimum Gasteiger partial charge on any atom is -0.356 e. The first-order chi connectivity index (χ1) is 12.7. The van der Waals surface area contributed by atoms with E-state index in [0.29, 0.717) is 0 Å². The Morgan fingerprint density at radius 2 is 2.04 bits per heavy atom. The first kappa shape index (κ1) is 18.4. The number of imidazole rings is 1. The molecule has 0 aliphatic heterocycles. The molecule has 2 aromatic heterocycles. The fraction of sp³-hybridized carbons (Fsp3) is 0.421. The Morgan fingerprint density at radius 3 is 2.81 bits per heavy atom. The van der Waals surface area contributed by atoms with Crippen LogP contribution in [0.15, 0.2) is 35.5 Å². The third-order valence-electron chi connectivity index (χ3n) is 4.28. The van der Waals surface area contributed by atoms with Gasteiger partial charge < -0.3 is 15.2 Å². The molecular weight excluding hydrogens is 344 g/mol. The summed E-state index contributed by atoms with van der Waals surface area (Å²) in [4.78, 5) is 14.7. The highest BCUT2D eigenvalue weighted by atomic mass is 32.1. The average Bonchev–Trinajstić information content (AvgIpc) is 3.24. The molecule has 0 bridgehead atoms. The van der Waals surface area contributed by atoms with Crippen LogP contribution in [0.5, 0.6) is 0 Å². The number of nitrogens with zero attached hydrogens (tertiary/aromatic N) is 4. The van der Waals surface area contributed by atoms with E-state index in [2.05, 4.69) is 55.3 Å². The van der Waals surface area contributed by atoms with Crippen molar-refractivity contribution in [2.45, 2.75) is 33.2 Å². The number of aromatic nitrogens is 3. The van der Waals surface area contributed by atoms with Crippen LogP contribution < -0.4 is 10.6 Å². The minimum atomic E-state index is 0.790. The van der Waals surface area contributed by atoms with Gasteiger partial charge in [-0.05, 0) is 25.5 Å². The third-order valence-corrected chi connectivity index (χ3v) is 5.48. The lowest BCUT2D eigenvalue weighted by molar-refractivity contribution is 0.659.